The number of hydrogen-bond donors (Lipinski definition) is 1. The van der Waals surface area contributed by atoms with E-state index >= 15 is 0 Å². The van der Waals surface area contributed by atoms with Gasteiger partial charge < -0.3 is 5.32 Å². The highest BCUT2D eigenvalue weighted by Gasteiger charge is 2.14. The van der Waals surface area contributed by atoms with E-state index in [1.54, 1.807) is 0 Å². The average molecular weight is 182 g/mol. The van der Waals surface area contributed by atoms with Crippen molar-refractivity contribution < 1.29 is 0 Å². The summed E-state index contributed by atoms with van der Waals surface area (Å²) in [6.45, 7) is 8.65. The van der Waals surface area contributed by atoms with Gasteiger partial charge in [-0.05, 0) is 31.3 Å². The predicted octanol–water partition coefficient (Wildman–Crippen LogP) is 2.56. The molecule has 0 aliphatic carbocycles. The highest BCUT2D eigenvalue weighted by atomic mass is 14.9. The van der Waals surface area contributed by atoms with E-state index in [0.29, 0.717) is 18.3 Å². The molecule has 0 rings (SSSR count). The highest BCUT2D eigenvalue weighted by molar-refractivity contribution is 4.80. The van der Waals surface area contributed by atoms with Gasteiger partial charge in [-0.15, -0.1) is 0 Å². The number of nitrogens with one attached hydrogen (secondary N) is 1. The Hall–Kier alpha value is -0.550. The summed E-state index contributed by atoms with van der Waals surface area (Å²) in [5.41, 5.74) is 0. The predicted molar refractivity (Wildman–Crippen MR) is 56.3 cm³/mol. The summed E-state index contributed by atoms with van der Waals surface area (Å²) in [6, 6.07) is 2.27. The van der Waals surface area contributed by atoms with Gasteiger partial charge in [0.2, 0.25) is 0 Å². The first-order chi connectivity index (χ1) is 6.26. The molecule has 0 amide bonds. The first-order valence-electron chi connectivity index (χ1n) is 5.33. The first kappa shape index (κ1) is 12.4. The number of hydrogen-bond acceptors (Lipinski definition) is 2. The Balaban J connectivity index is 3.74. The lowest BCUT2D eigenvalue weighted by molar-refractivity contribution is 0.337. The molecule has 2 heteroatoms. The van der Waals surface area contributed by atoms with Crippen LogP contribution >= 0.6 is 0 Å². The van der Waals surface area contributed by atoms with Crippen LogP contribution in [0.3, 0.4) is 0 Å². The lowest BCUT2D eigenvalue weighted by Gasteiger charge is -2.20. The molecule has 1 N–H and O–H groups in total. The van der Waals surface area contributed by atoms with Gasteiger partial charge in [-0.1, -0.05) is 27.2 Å². The second-order valence-corrected chi connectivity index (χ2v) is 3.71. The van der Waals surface area contributed by atoms with Crippen LogP contribution in [0.2, 0.25) is 0 Å². The van der Waals surface area contributed by atoms with E-state index in [1.807, 2.05) is 0 Å². The van der Waals surface area contributed by atoms with Crippen LogP contribution in [0.1, 0.15) is 40.0 Å². The zero-order chi connectivity index (χ0) is 10.1. The molecule has 0 spiro atoms. The van der Waals surface area contributed by atoms with E-state index in [4.69, 9.17) is 5.26 Å². The van der Waals surface area contributed by atoms with Crippen LogP contribution in [0.25, 0.3) is 0 Å². The van der Waals surface area contributed by atoms with Crippen molar-refractivity contribution in [3.8, 4) is 6.07 Å². The van der Waals surface area contributed by atoms with E-state index < -0.39 is 0 Å². The maximum atomic E-state index is 8.66. The van der Waals surface area contributed by atoms with Crippen molar-refractivity contribution in [2.45, 2.75) is 40.0 Å². The molecule has 0 aromatic heterocycles. The normalized spacial score (nSPS) is 14.9. The molecule has 2 atom stereocenters. The fourth-order valence-electron chi connectivity index (χ4n) is 1.39. The van der Waals surface area contributed by atoms with Gasteiger partial charge in [0.05, 0.1) is 6.07 Å². The molecule has 0 saturated carbocycles. The van der Waals surface area contributed by atoms with Gasteiger partial charge in [-0.2, -0.15) is 5.26 Å². The Morgan fingerprint density at radius 2 is 2.08 bits per heavy atom. The van der Waals surface area contributed by atoms with Gasteiger partial charge in [0.1, 0.15) is 0 Å². The van der Waals surface area contributed by atoms with Gasteiger partial charge in [0.25, 0.3) is 0 Å². The van der Waals surface area contributed by atoms with E-state index in [-0.39, 0.29) is 0 Å². The SMILES string of the molecule is CCCNC[C@H](CC#N)C(C)CC. The third-order valence-electron chi connectivity index (χ3n) is 2.64. The van der Waals surface area contributed by atoms with Crippen LogP contribution in [0.4, 0.5) is 0 Å². The van der Waals surface area contributed by atoms with Crippen LogP contribution in [0.5, 0.6) is 0 Å². The monoisotopic (exact) mass is 182 g/mol. The van der Waals surface area contributed by atoms with E-state index in [2.05, 4.69) is 32.2 Å². The first-order valence-corrected chi connectivity index (χ1v) is 5.33. The van der Waals surface area contributed by atoms with Crippen LogP contribution in [0.15, 0.2) is 0 Å². The summed E-state index contributed by atoms with van der Waals surface area (Å²) in [5, 5.41) is 12.0. The second-order valence-electron chi connectivity index (χ2n) is 3.71. The molecular formula is C11H22N2. The van der Waals surface area contributed by atoms with Crippen molar-refractivity contribution in [1.29, 1.82) is 5.26 Å². The summed E-state index contributed by atoms with van der Waals surface area (Å²) in [6.07, 6.45) is 3.02. The summed E-state index contributed by atoms with van der Waals surface area (Å²) >= 11 is 0. The minimum atomic E-state index is 0.529. The molecule has 0 fully saturated rings. The Morgan fingerprint density at radius 1 is 1.38 bits per heavy atom. The van der Waals surface area contributed by atoms with Gasteiger partial charge in [-0.3, -0.25) is 0 Å². The third kappa shape index (κ3) is 5.65. The van der Waals surface area contributed by atoms with Crippen molar-refractivity contribution in [1.82, 2.24) is 5.32 Å². The smallest absolute Gasteiger partial charge is 0.0625 e. The molecule has 2 nitrogen and oxygen atoms in total. The highest BCUT2D eigenvalue weighted by Crippen LogP contribution is 2.17. The van der Waals surface area contributed by atoms with Crippen molar-refractivity contribution >= 4 is 0 Å². The molecule has 0 bridgehead atoms. The maximum Gasteiger partial charge on any atom is 0.0625 e. The molecule has 0 aliphatic rings. The Bertz CT molecular complexity index is 149. The van der Waals surface area contributed by atoms with Crippen LogP contribution in [-0.4, -0.2) is 13.1 Å². The van der Waals surface area contributed by atoms with E-state index in [1.165, 1.54) is 12.8 Å². The molecule has 1 unspecified atom stereocenters. The maximum absolute atomic E-state index is 8.66. The third-order valence-corrected chi connectivity index (χ3v) is 2.64. The summed E-state index contributed by atoms with van der Waals surface area (Å²) < 4.78 is 0. The molecular weight excluding hydrogens is 160 g/mol. The molecule has 0 aromatic rings. The second kappa shape index (κ2) is 8.07. The molecule has 0 heterocycles. The molecule has 0 saturated heterocycles. The van der Waals surface area contributed by atoms with Gasteiger partial charge >= 0.3 is 0 Å². The van der Waals surface area contributed by atoms with Crippen LogP contribution in [-0.2, 0) is 0 Å². The zero-order valence-corrected chi connectivity index (χ0v) is 9.14. The minimum absolute atomic E-state index is 0.529. The summed E-state index contributed by atoms with van der Waals surface area (Å²) in [5.74, 6) is 1.19. The van der Waals surface area contributed by atoms with Crippen molar-refractivity contribution in [3.05, 3.63) is 0 Å². The molecule has 13 heavy (non-hydrogen) atoms. The molecule has 0 aromatic carbocycles. The standard InChI is InChI=1S/C11H22N2/c1-4-8-13-9-11(6-7-12)10(3)5-2/h10-11,13H,4-6,8-9H2,1-3H3/t10?,11-/m0/s1. The Kier molecular flexibility index (Phi) is 7.73. The van der Waals surface area contributed by atoms with Crippen molar-refractivity contribution in [2.24, 2.45) is 11.8 Å². The van der Waals surface area contributed by atoms with E-state index in [9.17, 15) is 0 Å². The fraction of sp³-hybridized carbons (Fsp3) is 0.909. The topological polar surface area (TPSA) is 35.8 Å². The van der Waals surface area contributed by atoms with Gasteiger partial charge in [-0.25, -0.2) is 0 Å². The lowest BCUT2D eigenvalue weighted by atomic mass is 9.89. The van der Waals surface area contributed by atoms with E-state index in [0.717, 1.165) is 13.1 Å². The van der Waals surface area contributed by atoms with Crippen LogP contribution in [0, 0.1) is 23.2 Å². The summed E-state index contributed by atoms with van der Waals surface area (Å²) in [7, 11) is 0. The quantitative estimate of drug-likeness (QED) is 0.614. The number of nitriles is 1. The average Bonchev–Trinajstić information content (AvgIpc) is 2.16. The minimum Gasteiger partial charge on any atom is -0.316 e. The number of rotatable bonds is 7. The lowest BCUT2D eigenvalue weighted by Crippen LogP contribution is -2.27. The van der Waals surface area contributed by atoms with Gasteiger partial charge in [0.15, 0.2) is 0 Å². The largest absolute Gasteiger partial charge is 0.316 e. The van der Waals surface area contributed by atoms with Crippen molar-refractivity contribution in [3.63, 3.8) is 0 Å². The van der Waals surface area contributed by atoms with Crippen LogP contribution < -0.4 is 5.32 Å². The van der Waals surface area contributed by atoms with Gasteiger partial charge in [0, 0.05) is 6.42 Å². The fourth-order valence-corrected chi connectivity index (χ4v) is 1.39. The molecule has 0 aliphatic heterocycles. The Labute approximate surface area is 82.3 Å². The molecule has 0 radical (unpaired) electrons. The summed E-state index contributed by atoms with van der Waals surface area (Å²) in [4.78, 5) is 0. The Morgan fingerprint density at radius 3 is 2.54 bits per heavy atom. The van der Waals surface area contributed by atoms with Crippen molar-refractivity contribution in [2.75, 3.05) is 13.1 Å². The molecule has 76 valence electrons. The zero-order valence-electron chi connectivity index (χ0n) is 9.14. The number of nitrogens with zero attached hydrogens (tertiary/aromatic N) is 1.